The van der Waals surface area contributed by atoms with Crippen LogP contribution in [0.5, 0.6) is 0 Å². The van der Waals surface area contributed by atoms with Crippen LogP contribution in [0.3, 0.4) is 0 Å². The summed E-state index contributed by atoms with van der Waals surface area (Å²) in [6.07, 6.45) is 3.96. The number of thiophene rings is 1. The Kier molecular flexibility index (Phi) is 4.43. The topological polar surface area (TPSA) is 36.4 Å². The molecule has 116 valence electrons. The van der Waals surface area contributed by atoms with E-state index in [1.165, 1.54) is 11.3 Å². The molecule has 0 radical (unpaired) electrons. The highest BCUT2D eigenvalue weighted by Gasteiger charge is 2.27. The monoisotopic (exact) mass is 315 g/mol. The number of amides is 1. The van der Waals surface area contributed by atoms with Gasteiger partial charge in [-0.05, 0) is 48.9 Å². The maximum absolute atomic E-state index is 12.6. The molecule has 1 aliphatic heterocycles. The zero-order valence-electron chi connectivity index (χ0n) is 13.0. The Morgan fingerprint density at radius 1 is 1.45 bits per heavy atom. The summed E-state index contributed by atoms with van der Waals surface area (Å²) in [6, 6.07) is 8.19. The number of hydrogen-bond acceptors (Lipinski definition) is 4. The molecule has 3 rings (SSSR count). The van der Waals surface area contributed by atoms with Crippen LogP contribution in [0.4, 0.5) is 5.82 Å². The van der Waals surface area contributed by atoms with Crippen molar-refractivity contribution in [3.8, 4) is 0 Å². The van der Waals surface area contributed by atoms with Crippen LogP contribution in [0, 0.1) is 6.92 Å². The van der Waals surface area contributed by atoms with Gasteiger partial charge >= 0.3 is 0 Å². The van der Waals surface area contributed by atoms with Crippen molar-refractivity contribution in [3.63, 3.8) is 0 Å². The molecule has 1 aliphatic rings. The average molecular weight is 315 g/mol. The number of aryl methyl sites for hydroxylation is 1. The van der Waals surface area contributed by atoms with Gasteiger partial charge in [0.2, 0.25) is 0 Å². The number of pyridine rings is 1. The van der Waals surface area contributed by atoms with Crippen LogP contribution in [0.15, 0.2) is 35.8 Å². The minimum atomic E-state index is 0.131. The number of anilines is 1. The van der Waals surface area contributed by atoms with Crippen LogP contribution >= 0.6 is 11.3 Å². The van der Waals surface area contributed by atoms with Gasteiger partial charge in [-0.1, -0.05) is 6.07 Å². The molecule has 0 spiro atoms. The van der Waals surface area contributed by atoms with Crippen LogP contribution < -0.4 is 4.90 Å². The van der Waals surface area contributed by atoms with E-state index in [0.717, 1.165) is 42.2 Å². The van der Waals surface area contributed by atoms with Crippen LogP contribution in [-0.2, 0) is 0 Å². The molecular formula is C17H21N3OS. The number of hydrogen-bond donors (Lipinski definition) is 0. The first kappa shape index (κ1) is 15.0. The molecule has 2 aromatic heterocycles. The highest BCUT2D eigenvalue weighted by Crippen LogP contribution is 2.23. The standard InChI is InChI=1S/C17H21N3OS/c1-13-10-15(22-12-13)17(21)19(2)14-6-5-9-20(11-14)16-7-3-4-8-18-16/h3-4,7-8,10,12,14H,5-6,9,11H2,1-2H3/t14-/m1/s1. The van der Waals surface area contributed by atoms with E-state index < -0.39 is 0 Å². The van der Waals surface area contributed by atoms with Gasteiger partial charge in [0.25, 0.3) is 5.91 Å². The molecular weight excluding hydrogens is 294 g/mol. The van der Waals surface area contributed by atoms with Crippen molar-refractivity contribution < 1.29 is 4.79 Å². The molecule has 0 unspecified atom stereocenters. The Labute approximate surface area is 135 Å². The third-order valence-corrected chi connectivity index (χ3v) is 5.22. The number of carbonyl (C=O) groups excluding carboxylic acids is 1. The predicted octanol–water partition coefficient (Wildman–Crippen LogP) is 3.19. The van der Waals surface area contributed by atoms with Crippen molar-refractivity contribution >= 4 is 23.1 Å². The first-order chi connectivity index (χ1) is 10.6. The Bertz CT molecular complexity index is 640. The molecule has 0 saturated carbocycles. The van der Waals surface area contributed by atoms with Gasteiger partial charge in [0.1, 0.15) is 5.82 Å². The quantitative estimate of drug-likeness (QED) is 0.873. The molecule has 1 fully saturated rings. The predicted molar refractivity (Wildman–Crippen MR) is 90.6 cm³/mol. The minimum absolute atomic E-state index is 0.131. The van der Waals surface area contributed by atoms with E-state index in [1.807, 2.05) is 54.7 Å². The smallest absolute Gasteiger partial charge is 0.263 e. The molecule has 5 heteroatoms. The molecule has 1 amide bonds. The van der Waals surface area contributed by atoms with Gasteiger partial charge in [-0.2, -0.15) is 0 Å². The Morgan fingerprint density at radius 2 is 2.32 bits per heavy atom. The molecule has 1 saturated heterocycles. The summed E-state index contributed by atoms with van der Waals surface area (Å²) < 4.78 is 0. The van der Waals surface area contributed by atoms with Crippen LogP contribution in [0.25, 0.3) is 0 Å². The van der Waals surface area contributed by atoms with Crippen molar-refractivity contribution in [2.24, 2.45) is 0 Å². The summed E-state index contributed by atoms with van der Waals surface area (Å²) in [6.45, 7) is 3.88. The molecule has 0 N–H and O–H groups in total. The van der Waals surface area contributed by atoms with Gasteiger partial charge in [-0.3, -0.25) is 4.79 Å². The Morgan fingerprint density at radius 3 is 3.00 bits per heavy atom. The second kappa shape index (κ2) is 6.48. The molecule has 0 aromatic carbocycles. The molecule has 22 heavy (non-hydrogen) atoms. The third-order valence-electron chi connectivity index (χ3n) is 4.18. The van der Waals surface area contributed by atoms with Crippen molar-refractivity contribution in [1.82, 2.24) is 9.88 Å². The molecule has 0 bridgehead atoms. The van der Waals surface area contributed by atoms with Gasteiger partial charge < -0.3 is 9.80 Å². The summed E-state index contributed by atoms with van der Waals surface area (Å²) in [5, 5.41) is 2.03. The third kappa shape index (κ3) is 3.14. The number of rotatable bonds is 3. The van der Waals surface area contributed by atoms with Crippen molar-refractivity contribution in [2.75, 3.05) is 25.0 Å². The second-order valence-corrected chi connectivity index (χ2v) is 6.75. The molecule has 4 nitrogen and oxygen atoms in total. The van der Waals surface area contributed by atoms with Crippen LogP contribution in [0.1, 0.15) is 28.1 Å². The SMILES string of the molecule is Cc1csc(C(=O)N(C)[C@@H]2CCCN(c3ccccn3)C2)c1. The van der Waals surface area contributed by atoms with Gasteiger partial charge in [0.15, 0.2) is 0 Å². The molecule has 0 aliphatic carbocycles. The van der Waals surface area contributed by atoms with Gasteiger partial charge in [-0.15, -0.1) is 11.3 Å². The minimum Gasteiger partial charge on any atom is -0.355 e. The second-order valence-electron chi connectivity index (χ2n) is 5.83. The lowest BCUT2D eigenvalue weighted by atomic mass is 10.0. The Hall–Kier alpha value is -1.88. The lowest BCUT2D eigenvalue weighted by Gasteiger charge is -2.38. The summed E-state index contributed by atoms with van der Waals surface area (Å²) in [4.78, 5) is 22.0. The first-order valence-corrected chi connectivity index (χ1v) is 8.51. The number of piperidine rings is 1. The normalized spacial score (nSPS) is 18.3. The first-order valence-electron chi connectivity index (χ1n) is 7.63. The van der Waals surface area contributed by atoms with Gasteiger partial charge in [0.05, 0.1) is 4.88 Å². The summed E-state index contributed by atoms with van der Waals surface area (Å²) >= 11 is 1.53. The fourth-order valence-corrected chi connectivity index (χ4v) is 3.78. The van der Waals surface area contributed by atoms with Gasteiger partial charge in [-0.25, -0.2) is 4.98 Å². The Balaban J connectivity index is 1.70. The lowest BCUT2D eigenvalue weighted by molar-refractivity contribution is 0.0722. The van der Waals surface area contributed by atoms with Gasteiger partial charge in [0, 0.05) is 32.4 Å². The highest BCUT2D eigenvalue weighted by atomic mass is 32.1. The number of nitrogens with zero attached hydrogens (tertiary/aromatic N) is 3. The van der Waals surface area contributed by atoms with E-state index in [-0.39, 0.29) is 11.9 Å². The van der Waals surface area contributed by atoms with E-state index >= 15 is 0 Å². The maximum Gasteiger partial charge on any atom is 0.263 e. The van der Waals surface area contributed by atoms with Crippen LogP contribution in [-0.4, -0.2) is 42.0 Å². The van der Waals surface area contributed by atoms with E-state index in [9.17, 15) is 4.79 Å². The number of aromatic nitrogens is 1. The van der Waals surface area contributed by atoms with E-state index in [4.69, 9.17) is 0 Å². The van der Waals surface area contributed by atoms with Crippen LogP contribution in [0.2, 0.25) is 0 Å². The maximum atomic E-state index is 12.6. The van der Waals surface area contributed by atoms with E-state index in [0.29, 0.717) is 0 Å². The van der Waals surface area contributed by atoms with Crippen molar-refractivity contribution in [3.05, 3.63) is 46.3 Å². The van der Waals surface area contributed by atoms with E-state index in [1.54, 1.807) is 0 Å². The zero-order chi connectivity index (χ0) is 15.5. The number of likely N-dealkylation sites (N-methyl/N-ethyl adjacent to an activating group) is 1. The fourth-order valence-electron chi connectivity index (χ4n) is 2.90. The molecule has 2 aromatic rings. The molecule has 3 heterocycles. The summed E-state index contributed by atoms with van der Waals surface area (Å²) in [7, 11) is 1.92. The largest absolute Gasteiger partial charge is 0.355 e. The highest BCUT2D eigenvalue weighted by molar-refractivity contribution is 7.12. The summed E-state index contributed by atoms with van der Waals surface area (Å²) in [5.74, 6) is 1.13. The zero-order valence-corrected chi connectivity index (χ0v) is 13.8. The van der Waals surface area contributed by atoms with Crippen molar-refractivity contribution in [1.29, 1.82) is 0 Å². The van der Waals surface area contributed by atoms with Crippen molar-refractivity contribution in [2.45, 2.75) is 25.8 Å². The average Bonchev–Trinajstić information content (AvgIpc) is 3.01. The fraction of sp³-hybridized carbons (Fsp3) is 0.412. The lowest BCUT2D eigenvalue weighted by Crippen LogP contribution is -2.48. The number of carbonyl (C=O) groups is 1. The molecule has 1 atom stereocenters. The summed E-state index contributed by atoms with van der Waals surface area (Å²) in [5.41, 5.74) is 1.15. The van der Waals surface area contributed by atoms with E-state index in [2.05, 4.69) is 9.88 Å².